The SMILES string of the molecule is CC[C@H](C)[C@@H]1NC(=O)CNC(=O)[C@H](CCCCN)NC(=O)[C@H](CCC(=O)O)NC(=O)[C@H]([C@@H](C)O)NC(=O)CNC(=O)[C@H]([C@@H](C)CC)NC(=O)[C@H]([C@@H](C)CC)NC(=O)CNC(=O)CSCCNC(=O)[C@H](Cc2cnc[nH]2)NC(=O)[C@H](Cc2cnc[nH]2)NC(=O)CNC(=O)[C@H](Cc2c[nH]c3ccccc23)NC1=O. The molecule has 0 aliphatic carbocycles. The number of carboxylic acid groups (broad SMARTS) is 1. The average molecular weight is 1500 g/mol. The third kappa shape index (κ3) is 28.5. The number of carbonyl (C=O) groups excluding carboxylic acids is 14. The third-order valence-electron chi connectivity index (χ3n) is 17.8. The van der Waals surface area contributed by atoms with Crippen LogP contribution in [0.2, 0.25) is 0 Å². The summed E-state index contributed by atoms with van der Waals surface area (Å²) in [4.78, 5) is 224. The number of carbonyl (C=O) groups is 15. The molecule has 582 valence electrons. The van der Waals surface area contributed by atoms with Crippen LogP contribution in [0.1, 0.15) is 117 Å². The quantitative estimate of drug-likeness (QED) is 0.0374. The molecule has 14 amide bonds. The maximum absolute atomic E-state index is 14.6. The largest absolute Gasteiger partial charge is 0.481 e. The van der Waals surface area contributed by atoms with Crippen LogP contribution >= 0.6 is 11.8 Å². The summed E-state index contributed by atoms with van der Waals surface area (Å²) in [5, 5.41) is 56.9. The van der Waals surface area contributed by atoms with E-state index in [2.05, 4.69) is 99.4 Å². The van der Waals surface area contributed by atoms with E-state index < -0.39 is 206 Å². The van der Waals surface area contributed by atoms with Crippen LogP contribution in [-0.4, -0.2) is 235 Å². The summed E-state index contributed by atoms with van der Waals surface area (Å²) in [5.74, 6) is -15.2. The van der Waals surface area contributed by atoms with E-state index in [0.29, 0.717) is 53.5 Å². The number of aromatic nitrogens is 5. The normalized spacial score (nSPS) is 23.9. The van der Waals surface area contributed by atoms with Gasteiger partial charge in [0.2, 0.25) is 82.7 Å². The number of nitrogens with one attached hydrogen (secondary N) is 17. The fraction of sp³-hybridized carbons (Fsp3) is 0.574. The number of amides is 14. The number of aromatic amines is 3. The predicted molar refractivity (Wildman–Crippen MR) is 386 cm³/mol. The molecule has 4 aromatic rings. The molecule has 0 unspecified atom stereocenters. The van der Waals surface area contributed by atoms with Crippen molar-refractivity contribution in [3.8, 4) is 0 Å². The number of fused-ring (bicyclic) bond motifs is 1. The molecule has 106 heavy (non-hydrogen) atoms. The van der Waals surface area contributed by atoms with E-state index in [0.717, 1.165) is 18.7 Å². The number of aliphatic hydroxyl groups excluding tert-OH is 1. The Balaban J connectivity index is 1.45. The van der Waals surface area contributed by atoms with Gasteiger partial charge in [0.25, 0.3) is 0 Å². The summed E-state index contributed by atoms with van der Waals surface area (Å²) in [6, 6.07) is -5.87. The van der Waals surface area contributed by atoms with Gasteiger partial charge in [-0.25, -0.2) is 9.97 Å². The second-order valence-electron chi connectivity index (χ2n) is 26.0. The number of hydrogen-bond donors (Lipinski definition) is 20. The Morgan fingerprint density at radius 3 is 1.48 bits per heavy atom. The number of para-hydroxylation sites is 1. The zero-order valence-corrected chi connectivity index (χ0v) is 61.4. The molecule has 1 saturated heterocycles. The van der Waals surface area contributed by atoms with Gasteiger partial charge >= 0.3 is 5.97 Å². The van der Waals surface area contributed by atoms with Gasteiger partial charge in [0.15, 0.2) is 0 Å². The van der Waals surface area contributed by atoms with E-state index in [1.807, 2.05) is 0 Å². The second kappa shape index (κ2) is 44.3. The zero-order valence-electron chi connectivity index (χ0n) is 60.5. The fourth-order valence-electron chi connectivity index (χ4n) is 11.0. The van der Waals surface area contributed by atoms with Gasteiger partial charge in [0.05, 0.1) is 50.7 Å². The average Bonchev–Trinajstić information content (AvgIpc) is 1.61. The Kier molecular flexibility index (Phi) is 36.0. The molecule has 4 heterocycles. The van der Waals surface area contributed by atoms with E-state index in [-0.39, 0.29) is 56.7 Å². The van der Waals surface area contributed by atoms with Gasteiger partial charge in [-0.2, -0.15) is 11.8 Å². The van der Waals surface area contributed by atoms with Gasteiger partial charge in [-0.05, 0) is 68.5 Å². The second-order valence-corrected chi connectivity index (χ2v) is 27.1. The molecule has 0 bridgehead atoms. The van der Waals surface area contributed by atoms with Crippen LogP contribution in [0, 0.1) is 17.8 Å². The summed E-state index contributed by atoms with van der Waals surface area (Å²) < 4.78 is 0. The first-order valence-corrected chi connectivity index (χ1v) is 36.5. The number of aliphatic hydroxyl groups is 1. The van der Waals surface area contributed by atoms with Crippen molar-refractivity contribution in [1.82, 2.24) is 99.4 Å². The Bertz CT molecular complexity index is 3630. The molecule has 21 N–H and O–H groups in total. The highest BCUT2D eigenvalue weighted by molar-refractivity contribution is 7.99. The highest BCUT2D eigenvalue weighted by Gasteiger charge is 2.37. The maximum Gasteiger partial charge on any atom is 0.303 e. The Morgan fingerprint density at radius 1 is 0.491 bits per heavy atom. The first kappa shape index (κ1) is 86.1. The number of H-pyrrole nitrogens is 3. The number of rotatable bonds is 20. The molecule has 13 atom stereocenters. The minimum atomic E-state index is -1.84. The summed E-state index contributed by atoms with van der Waals surface area (Å²) in [6.45, 7) is 8.58. The zero-order chi connectivity index (χ0) is 78.0. The number of hydrogen-bond acceptors (Lipinski definition) is 20. The lowest BCUT2D eigenvalue weighted by Gasteiger charge is -2.29. The van der Waals surface area contributed by atoms with Gasteiger partial charge in [0, 0.05) is 78.9 Å². The molecule has 1 aromatic carbocycles. The number of nitrogens with zero attached hydrogens (tertiary/aromatic N) is 2. The van der Waals surface area contributed by atoms with Gasteiger partial charge in [-0.1, -0.05) is 79.0 Å². The topological polar surface area (TPSA) is 564 Å². The van der Waals surface area contributed by atoms with Gasteiger partial charge in [-0.15, -0.1) is 0 Å². The van der Waals surface area contributed by atoms with Gasteiger partial charge in [0.1, 0.15) is 54.4 Å². The minimum Gasteiger partial charge on any atom is -0.481 e. The maximum atomic E-state index is 14.6. The van der Waals surface area contributed by atoms with Crippen LogP contribution in [-0.2, 0) is 91.2 Å². The molecule has 1 aliphatic heterocycles. The van der Waals surface area contributed by atoms with Crippen molar-refractivity contribution in [1.29, 1.82) is 0 Å². The summed E-state index contributed by atoms with van der Waals surface area (Å²) in [7, 11) is 0. The first-order valence-electron chi connectivity index (χ1n) is 35.3. The summed E-state index contributed by atoms with van der Waals surface area (Å²) >= 11 is 1.10. The molecular weight excluding hydrogens is 1400 g/mol. The molecule has 3 aromatic heterocycles. The van der Waals surface area contributed by atoms with Crippen LogP contribution in [0.5, 0.6) is 0 Å². The summed E-state index contributed by atoms with van der Waals surface area (Å²) in [5.41, 5.74) is 7.88. The molecule has 0 radical (unpaired) electrons. The fourth-order valence-corrected chi connectivity index (χ4v) is 11.7. The highest BCUT2D eigenvalue weighted by Crippen LogP contribution is 2.21. The van der Waals surface area contributed by atoms with Gasteiger partial charge in [-0.3, -0.25) is 71.9 Å². The van der Waals surface area contributed by atoms with Gasteiger partial charge < -0.3 is 105 Å². The first-order chi connectivity index (χ1) is 50.5. The number of carboxylic acids is 1. The number of unbranched alkanes of at least 4 members (excludes halogenated alkanes) is 1. The molecule has 0 saturated carbocycles. The van der Waals surface area contributed by atoms with Crippen LogP contribution in [0.3, 0.4) is 0 Å². The van der Waals surface area contributed by atoms with E-state index >= 15 is 0 Å². The van der Waals surface area contributed by atoms with E-state index in [4.69, 9.17) is 5.73 Å². The van der Waals surface area contributed by atoms with Crippen LogP contribution < -0.4 is 80.2 Å². The molecule has 0 spiro atoms. The third-order valence-corrected chi connectivity index (χ3v) is 18.8. The predicted octanol–water partition coefficient (Wildman–Crippen LogP) is -4.15. The molecule has 38 heteroatoms. The standard InChI is InChI=1S/C68H102N20O17S/c1-8-36(4)56-65(102)77-32-53(93)87-59(39(7)89)68(105)82-46(18-19-55(95)96)63(100)81-45(17-13-14-20-69)60(97)75-31-52(92)86-57(37(5)9-2)66(103)84-47(23-40-26-73-44-16-12-11-15-43(40)44)62(99)76-30-50(90)80-49(25-42-28-71-35-79-42)64(101)83-48(24-41-27-70-34-78-41)61(98)72-21-22-106-33-54(94)74-29-51(91)85-58(38(6)10-3)67(104)88-56/h11-12,15-16,26-28,34-39,45-49,56-59,73,89H,8-10,13-14,17-25,29-33,69H2,1-7H3,(H,70,78)(H,71,79)(H,72,98)(H,74,94)(H,75,97)(H,76,99)(H,77,102)(H,80,90)(H,81,100)(H,82,105)(H,83,101)(H,84,103)(H,85,91)(H,86,92)(H,87,93)(H,88,104)(H,95,96)/t36-,37-,38-,39+,45-,46-,47-,48-,49-,56-,57-,58-,59-/m0/s1. The number of thioether (sulfide) groups is 1. The lowest BCUT2D eigenvalue weighted by atomic mass is 9.95. The van der Waals surface area contributed by atoms with E-state index in [1.54, 1.807) is 72.0 Å². The molecule has 5 rings (SSSR count). The van der Waals surface area contributed by atoms with E-state index in [1.165, 1.54) is 25.0 Å². The van der Waals surface area contributed by atoms with Crippen molar-refractivity contribution >= 4 is 111 Å². The number of aliphatic carboxylic acids is 1. The molecule has 1 aliphatic rings. The lowest BCUT2D eigenvalue weighted by Crippen LogP contribution is -2.60. The van der Waals surface area contributed by atoms with Crippen molar-refractivity contribution in [2.45, 2.75) is 180 Å². The van der Waals surface area contributed by atoms with Crippen molar-refractivity contribution in [2.75, 3.05) is 50.8 Å². The van der Waals surface area contributed by atoms with Crippen molar-refractivity contribution in [3.05, 3.63) is 72.5 Å². The van der Waals surface area contributed by atoms with Crippen molar-refractivity contribution in [2.24, 2.45) is 23.5 Å². The minimum absolute atomic E-state index is 0.0100. The molecular formula is C68H102N20O17S. The number of imidazole rings is 2. The monoisotopic (exact) mass is 1500 g/mol. The van der Waals surface area contributed by atoms with Crippen molar-refractivity contribution < 1.29 is 82.1 Å². The Hall–Kier alpha value is -10.5. The van der Waals surface area contributed by atoms with Crippen LogP contribution in [0.15, 0.2) is 55.5 Å². The van der Waals surface area contributed by atoms with Crippen molar-refractivity contribution in [3.63, 3.8) is 0 Å². The number of benzene rings is 1. The molecule has 1 fully saturated rings. The Morgan fingerprint density at radius 2 is 0.934 bits per heavy atom. The molecule has 37 nitrogen and oxygen atoms in total. The highest BCUT2D eigenvalue weighted by atomic mass is 32.2. The lowest BCUT2D eigenvalue weighted by molar-refractivity contribution is -0.139. The Labute approximate surface area is 616 Å². The summed E-state index contributed by atoms with van der Waals surface area (Å²) in [6.07, 6.45) is 5.32. The number of nitrogens with two attached hydrogens (primary N) is 1. The van der Waals surface area contributed by atoms with Crippen LogP contribution in [0.25, 0.3) is 10.9 Å². The van der Waals surface area contributed by atoms with E-state index in [9.17, 15) is 82.1 Å². The van der Waals surface area contributed by atoms with Crippen LogP contribution in [0.4, 0.5) is 0 Å². The smallest absolute Gasteiger partial charge is 0.303 e.